The van der Waals surface area contributed by atoms with Crippen LogP contribution in [0.2, 0.25) is 0 Å². The molecule has 0 N–H and O–H groups in total. The standard InChI is InChI=1S/C13H22N2O4S3/c1-3-12-6-7-13(20-12)22(18,19)15-9-5-8-14(10-11-15)21(16,17)4-2/h6-7H,3-5,8-11H2,1-2H3. The van der Waals surface area contributed by atoms with E-state index in [2.05, 4.69) is 0 Å². The average molecular weight is 367 g/mol. The van der Waals surface area contributed by atoms with Crippen LogP contribution in [0.1, 0.15) is 25.1 Å². The minimum Gasteiger partial charge on any atom is -0.212 e. The topological polar surface area (TPSA) is 74.8 Å². The summed E-state index contributed by atoms with van der Waals surface area (Å²) in [7, 11) is -6.78. The zero-order chi connectivity index (χ0) is 16.4. The van der Waals surface area contributed by atoms with Crippen molar-refractivity contribution in [2.45, 2.75) is 30.9 Å². The minimum atomic E-state index is -3.52. The van der Waals surface area contributed by atoms with Gasteiger partial charge in [0, 0.05) is 31.1 Å². The summed E-state index contributed by atoms with van der Waals surface area (Å²) in [6.45, 7) is 4.76. The predicted octanol–water partition coefficient (Wildman–Crippen LogP) is 1.36. The summed E-state index contributed by atoms with van der Waals surface area (Å²) in [5, 5.41) is 0. The van der Waals surface area contributed by atoms with Gasteiger partial charge in [0.25, 0.3) is 10.0 Å². The van der Waals surface area contributed by atoms with Crippen LogP contribution in [0, 0.1) is 0 Å². The smallest absolute Gasteiger partial charge is 0.212 e. The Morgan fingerprint density at radius 3 is 2.23 bits per heavy atom. The molecule has 0 radical (unpaired) electrons. The molecular weight excluding hydrogens is 344 g/mol. The molecule has 0 amide bonds. The van der Waals surface area contributed by atoms with Crippen LogP contribution >= 0.6 is 11.3 Å². The molecule has 1 saturated heterocycles. The number of thiophene rings is 1. The van der Waals surface area contributed by atoms with Crippen molar-refractivity contribution < 1.29 is 16.8 Å². The molecule has 0 unspecified atom stereocenters. The third-order valence-corrected chi connectivity index (χ3v) is 9.23. The van der Waals surface area contributed by atoms with E-state index in [0.29, 0.717) is 23.7 Å². The summed E-state index contributed by atoms with van der Waals surface area (Å²) in [4.78, 5) is 1.03. The summed E-state index contributed by atoms with van der Waals surface area (Å²) in [5.41, 5.74) is 0. The van der Waals surface area contributed by atoms with Gasteiger partial charge in [0.15, 0.2) is 0 Å². The highest BCUT2D eigenvalue weighted by molar-refractivity contribution is 7.91. The van der Waals surface area contributed by atoms with Crippen molar-refractivity contribution in [2.75, 3.05) is 31.9 Å². The van der Waals surface area contributed by atoms with E-state index in [0.717, 1.165) is 11.3 Å². The normalized spacial score (nSPS) is 19.2. The number of rotatable bonds is 5. The molecule has 22 heavy (non-hydrogen) atoms. The van der Waals surface area contributed by atoms with Gasteiger partial charge in [-0.15, -0.1) is 11.3 Å². The molecule has 2 heterocycles. The molecule has 9 heteroatoms. The average Bonchev–Trinajstić information content (AvgIpc) is 2.83. The van der Waals surface area contributed by atoms with Crippen LogP contribution in [-0.4, -0.2) is 57.4 Å². The summed E-state index contributed by atoms with van der Waals surface area (Å²) >= 11 is 1.29. The van der Waals surface area contributed by atoms with Crippen molar-refractivity contribution in [3.63, 3.8) is 0 Å². The molecule has 0 spiro atoms. The maximum atomic E-state index is 12.7. The molecule has 0 saturated carbocycles. The first-order valence-electron chi connectivity index (χ1n) is 7.38. The molecule has 1 aliphatic heterocycles. The van der Waals surface area contributed by atoms with E-state index in [9.17, 15) is 16.8 Å². The lowest BCUT2D eigenvalue weighted by atomic mass is 10.4. The van der Waals surface area contributed by atoms with E-state index in [-0.39, 0.29) is 18.8 Å². The largest absolute Gasteiger partial charge is 0.252 e. The predicted molar refractivity (Wildman–Crippen MR) is 88.1 cm³/mol. The molecule has 0 bridgehead atoms. The van der Waals surface area contributed by atoms with E-state index < -0.39 is 20.0 Å². The Balaban J connectivity index is 2.16. The Kier molecular flexibility index (Phi) is 5.65. The Labute approximate surface area is 136 Å². The van der Waals surface area contributed by atoms with Gasteiger partial charge in [-0.3, -0.25) is 0 Å². The molecule has 6 nitrogen and oxygen atoms in total. The maximum absolute atomic E-state index is 12.7. The van der Waals surface area contributed by atoms with Gasteiger partial charge in [-0.05, 0) is 31.9 Å². The van der Waals surface area contributed by atoms with Crippen molar-refractivity contribution in [3.8, 4) is 0 Å². The fourth-order valence-corrected chi connectivity index (χ4v) is 6.44. The lowest BCUT2D eigenvalue weighted by Crippen LogP contribution is -2.37. The Hall–Kier alpha value is -0.480. The SMILES string of the molecule is CCc1ccc(S(=O)(=O)N2CCCN(S(=O)(=O)CC)CC2)s1. The van der Waals surface area contributed by atoms with Gasteiger partial charge in [0.1, 0.15) is 4.21 Å². The molecule has 1 aliphatic rings. The fourth-order valence-electron chi connectivity index (χ4n) is 2.39. The van der Waals surface area contributed by atoms with E-state index in [1.807, 2.05) is 13.0 Å². The monoisotopic (exact) mass is 366 g/mol. The highest BCUT2D eigenvalue weighted by Crippen LogP contribution is 2.26. The van der Waals surface area contributed by atoms with Crippen LogP contribution < -0.4 is 0 Å². The second-order valence-electron chi connectivity index (χ2n) is 5.13. The first-order chi connectivity index (χ1) is 10.3. The summed E-state index contributed by atoms with van der Waals surface area (Å²) in [6.07, 6.45) is 1.33. The van der Waals surface area contributed by atoms with E-state index >= 15 is 0 Å². The third kappa shape index (κ3) is 3.70. The van der Waals surface area contributed by atoms with E-state index in [1.54, 1.807) is 13.0 Å². The second kappa shape index (κ2) is 6.96. The van der Waals surface area contributed by atoms with Crippen molar-refractivity contribution in [1.82, 2.24) is 8.61 Å². The summed E-state index contributed by atoms with van der Waals surface area (Å²) in [6, 6.07) is 3.48. The van der Waals surface area contributed by atoms with Crippen LogP contribution in [0.25, 0.3) is 0 Å². The van der Waals surface area contributed by atoms with Gasteiger partial charge in [-0.25, -0.2) is 21.1 Å². The number of hydrogen-bond donors (Lipinski definition) is 0. The maximum Gasteiger partial charge on any atom is 0.252 e. The lowest BCUT2D eigenvalue weighted by molar-refractivity contribution is 0.405. The van der Waals surface area contributed by atoms with Gasteiger partial charge in [-0.1, -0.05) is 6.92 Å². The minimum absolute atomic E-state index is 0.0462. The molecule has 126 valence electrons. The van der Waals surface area contributed by atoms with Gasteiger partial charge >= 0.3 is 0 Å². The summed E-state index contributed by atoms with van der Waals surface area (Å²) in [5.74, 6) is 0.0462. The highest BCUT2D eigenvalue weighted by atomic mass is 32.2. The van der Waals surface area contributed by atoms with Crippen molar-refractivity contribution in [2.24, 2.45) is 0 Å². The fraction of sp³-hybridized carbons (Fsp3) is 0.692. The van der Waals surface area contributed by atoms with Crippen molar-refractivity contribution in [3.05, 3.63) is 17.0 Å². The van der Waals surface area contributed by atoms with Gasteiger partial charge < -0.3 is 0 Å². The van der Waals surface area contributed by atoms with Gasteiger partial charge in [-0.2, -0.15) is 4.31 Å². The Morgan fingerprint density at radius 1 is 1.00 bits per heavy atom. The molecule has 1 aromatic heterocycles. The molecular formula is C13H22N2O4S3. The first kappa shape index (κ1) is 17.9. The highest BCUT2D eigenvalue weighted by Gasteiger charge is 2.30. The van der Waals surface area contributed by atoms with Crippen LogP contribution in [0.3, 0.4) is 0 Å². The van der Waals surface area contributed by atoms with Gasteiger partial charge in [0.05, 0.1) is 5.75 Å². The molecule has 1 aromatic rings. The zero-order valence-electron chi connectivity index (χ0n) is 12.9. The number of aryl methyl sites for hydroxylation is 1. The zero-order valence-corrected chi connectivity index (χ0v) is 15.3. The quantitative estimate of drug-likeness (QED) is 0.788. The van der Waals surface area contributed by atoms with Crippen LogP contribution in [-0.2, 0) is 26.5 Å². The van der Waals surface area contributed by atoms with Gasteiger partial charge in [0.2, 0.25) is 10.0 Å². The van der Waals surface area contributed by atoms with Crippen molar-refractivity contribution >= 4 is 31.4 Å². The first-order valence-corrected chi connectivity index (χ1v) is 11.2. The molecule has 2 rings (SSSR count). The number of sulfonamides is 2. The van der Waals surface area contributed by atoms with E-state index in [1.165, 1.54) is 19.9 Å². The van der Waals surface area contributed by atoms with Crippen molar-refractivity contribution in [1.29, 1.82) is 0 Å². The molecule has 0 atom stereocenters. The van der Waals surface area contributed by atoms with Crippen LogP contribution in [0.4, 0.5) is 0 Å². The van der Waals surface area contributed by atoms with Crippen LogP contribution in [0.5, 0.6) is 0 Å². The Bertz CT molecular complexity index is 709. The van der Waals surface area contributed by atoms with Crippen LogP contribution in [0.15, 0.2) is 16.3 Å². The molecule has 0 aliphatic carbocycles. The second-order valence-corrected chi connectivity index (χ2v) is 10.7. The third-order valence-electron chi connectivity index (χ3n) is 3.75. The lowest BCUT2D eigenvalue weighted by Gasteiger charge is -2.20. The molecule has 1 fully saturated rings. The van der Waals surface area contributed by atoms with E-state index in [4.69, 9.17) is 0 Å². The Morgan fingerprint density at radius 2 is 1.64 bits per heavy atom. The summed E-state index contributed by atoms with van der Waals surface area (Å²) < 4.78 is 52.3. The number of hydrogen-bond acceptors (Lipinski definition) is 5. The molecule has 0 aromatic carbocycles. The number of nitrogens with zero attached hydrogens (tertiary/aromatic N) is 2.